The van der Waals surface area contributed by atoms with Gasteiger partial charge < -0.3 is 15.0 Å². The summed E-state index contributed by atoms with van der Waals surface area (Å²) >= 11 is 6.14. The molecule has 7 nitrogen and oxygen atoms in total. The summed E-state index contributed by atoms with van der Waals surface area (Å²) in [5.41, 5.74) is 3.14. The van der Waals surface area contributed by atoms with Gasteiger partial charge in [0.15, 0.2) is 0 Å². The van der Waals surface area contributed by atoms with Gasteiger partial charge in [-0.1, -0.05) is 37.6 Å². The Hall–Kier alpha value is -3.16. The maximum Gasteiger partial charge on any atom is 0.259 e. The molecule has 0 bridgehead atoms. The molecule has 2 heterocycles. The molecule has 1 N–H and O–H groups in total. The summed E-state index contributed by atoms with van der Waals surface area (Å²) in [4.78, 5) is 27.7. The number of amides is 2. The fraction of sp³-hybridized carbons (Fsp3) is 0.292. The van der Waals surface area contributed by atoms with Gasteiger partial charge in [-0.3, -0.25) is 9.59 Å². The molecule has 1 fully saturated rings. The zero-order valence-corrected chi connectivity index (χ0v) is 18.8. The number of nitrogens with one attached hydrogen (secondary N) is 1. The van der Waals surface area contributed by atoms with Gasteiger partial charge in [0.25, 0.3) is 11.8 Å². The lowest BCUT2D eigenvalue weighted by molar-refractivity contribution is 0.0303. The highest BCUT2D eigenvalue weighted by molar-refractivity contribution is 6.30. The van der Waals surface area contributed by atoms with Crippen molar-refractivity contribution < 1.29 is 14.3 Å². The summed E-state index contributed by atoms with van der Waals surface area (Å²) in [6.07, 6.45) is 1.56. The summed E-state index contributed by atoms with van der Waals surface area (Å²) in [6.45, 7) is 6.23. The van der Waals surface area contributed by atoms with Crippen molar-refractivity contribution in [2.45, 2.75) is 19.8 Å². The van der Waals surface area contributed by atoms with Crippen molar-refractivity contribution in [3.05, 3.63) is 76.6 Å². The second-order valence-corrected chi connectivity index (χ2v) is 8.37. The number of aromatic nitrogens is 2. The molecule has 4 rings (SSSR count). The van der Waals surface area contributed by atoms with Crippen LogP contribution in [0.5, 0.6) is 0 Å². The highest BCUT2D eigenvalue weighted by Crippen LogP contribution is 2.25. The number of ether oxygens (including phenoxy) is 1. The van der Waals surface area contributed by atoms with Crippen molar-refractivity contribution in [3.8, 4) is 5.69 Å². The van der Waals surface area contributed by atoms with Gasteiger partial charge in [0.1, 0.15) is 0 Å². The van der Waals surface area contributed by atoms with Crippen molar-refractivity contribution in [3.63, 3.8) is 0 Å². The zero-order chi connectivity index (χ0) is 22.7. The monoisotopic (exact) mass is 452 g/mol. The summed E-state index contributed by atoms with van der Waals surface area (Å²) in [5.74, 6) is -0.301. The first kappa shape index (κ1) is 22.0. The van der Waals surface area contributed by atoms with Crippen LogP contribution in [-0.2, 0) is 4.74 Å². The van der Waals surface area contributed by atoms with Crippen LogP contribution in [0.1, 0.15) is 46.2 Å². The molecule has 166 valence electrons. The molecule has 2 aromatic carbocycles. The lowest BCUT2D eigenvalue weighted by Gasteiger charge is -2.27. The Kier molecular flexibility index (Phi) is 6.58. The summed E-state index contributed by atoms with van der Waals surface area (Å²) in [5, 5.41) is 7.95. The van der Waals surface area contributed by atoms with Crippen LogP contribution in [0.25, 0.3) is 5.69 Å². The highest BCUT2D eigenvalue weighted by Gasteiger charge is 2.22. The van der Waals surface area contributed by atoms with E-state index < -0.39 is 0 Å². The molecule has 32 heavy (non-hydrogen) atoms. The van der Waals surface area contributed by atoms with Gasteiger partial charge >= 0.3 is 0 Å². The largest absolute Gasteiger partial charge is 0.378 e. The van der Waals surface area contributed by atoms with Gasteiger partial charge in [-0.05, 0) is 42.3 Å². The van der Waals surface area contributed by atoms with Crippen molar-refractivity contribution >= 4 is 29.1 Å². The second-order valence-electron chi connectivity index (χ2n) is 7.93. The van der Waals surface area contributed by atoms with Crippen LogP contribution < -0.4 is 5.32 Å². The number of hydrogen-bond donors (Lipinski definition) is 1. The lowest BCUT2D eigenvalue weighted by Crippen LogP contribution is -2.40. The Morgan fingerprint density at radius 3 is 2.56 bits per heavy atom. The number of benzene rings is 2. The number of nitrogens with zero attached hydrogens (tertiary/aromatic N) is 3. The number of carbonyl (C=O) groups is 2. The maximum absolute atomic E-state index is 13.1. The molecule has 8 heteroatoms. The number of morpholine rings is 1. The maximum atomic E-state index is 13.1. The Morgan fingerprint density at radius 2 is 1.84 bits per heavy atom. The lowest BCUT2D eigenvalue weighted by atomic mass is 10.0. The number of halogens is 1. The van der Waals surface area contributed by atoms with Crippen LogP contribution in [0.15, 0.2) is 54.7 Å². The fourth-order valence-corrected chi connectivity index (χ4v) is 3.96. The van der Waals surface area contributed by atoms with E-state index in [1.54, 1.807) is 46.1 Å². The van der Waals surface area contributed by atoms with Gasteiger partial charge in [0, 0.05) is 29.4 Å². The third-order valence-electron chi connectivity index (χ3n) is 5.32. The van der Waals surface area contributed by atoms with E-state index in [1.165, 1.54) is 0 Å². The normalized spacial score (nSPS) is 13.9. The first-order valence-corrected chi connectivity index (χ1v) is 10.9. The molecular weight excluding hydrogens is 428 g/mol. The van der Waals surface area contributed by atoms with E-state index in [0.717, 1.165) is 11.4 Å². The number of carbonyl (C=O) groups excluding carboxylic acids is 2. The topological polar surface area (TPSA) is 76.5 Å². The van der Waals surface area contributed by atoms with E-state index in [9.17, 15) is 9.59 Å². The molecule has 0 spiro atoms. The molecule has 0 saturated carbocycles. The molecule has 1 aromatic heterocycles. The van der Waals surface area contributed by atoms with Crippen LogP contribution in [0.3, 0.4) is 0 Å². The summed E-state index contributed by atoms with van der Waals surface area (Å²) in [6, 6.07) is 14.3. The molecule has 1 aliphatic heterocycles. The molecule has 1 aliphatic rings. The smallest absolute Gasteiger partial charge is 0.259 e. The minimum atomic E-state index is -0.280. The molecule has 2 amide bonds. The van der Waals surface area contributed by atoms with Crippen LogP contribution >= 0.6 is 11.6 Å². The van der Waals surface area contributed by atoms with Crippen LogP contribution in [0.2, 0.25) is 5.02 Å². The van der Waals surface area contributed by atoms with Gasteiger partial charge in [0.2, 0.25) is 0 Å². The van der Waals surface area contributed by atoms with Crippen LogP contribution in [-0.4, -0.2) is 52.8 Å². The van der Waals surface area contributed by atoms with E-state index in [0.29, 0.717) is 48.1 Å². The predicted octanol–water partition coefficient (Wildman–Crippen LogP) is 4.37. The Morgan fingerprint density at radius 1 is 1.09 bits per heavy atom. The Bertz CT molecular complexity index is 1140. The summed E-state index contributed by atoms with van der Waals surface area (Å²) in [7, 11) is 0. The zero-order valence-electron chi connectivity index (χ0n) is 18.0. The number of anilines is 1. The number of rotatable bonds is 5. The van der Waals surface area contributed by atoms with Gasteiger partial charge in [0.05, 0.1) is 36.4 Å². The molecular formula is C24H25ClN4O3. The van der Waals surface area contributed by atoms with Crippen molar-refractivity contribution in [1.82, 2.24) is 14.7 Å². The van der Waals surface area contributed by atoms with Crippen molar-refractivity contribution in [2.24, 2.45) is 0 Å². The Labute approximate surface area is 191 Å². The predicted molar refractivity (Wildman–Crippen MR) is 124 cm³/mol. The molecule has 3 aromatic rings. The number of hydrogen-bond acceptors (Lipinski definition) is 4. The van der Waals surface area contributed by atoms with Crippen molar-refractivity contribution in [2.75, 3.05) is 31.6 Å². The highest BCUT2D eigenvalue weighted by atomic mass is 35.5. The molecule has 0 aliphatic carbocycles. The molecule has 0 unspecified atom stereocenters. The van der Waals surface area contributed by atoms with E-state index in [2.05, 4.69) is 10.4 Å². The fourth-order valence-electron chi connectivity index (χ4n) is 3.78. The quantitative estimate of drug-likeness (QED) is 0.623. The van der Waals surface area contributed by atoms with E-state index in [-0.39, 0.29) is 17.7 Å². The molecule has 1 saturated heterocycles. The average Bonchev–Trinajstić information content (AvgIpc) is 3.25. The standard InChI is InChI=1S/C24H25ClN4O3/c1-16(2)22-21(15-26-29(22)20-8-4-6-18(25)14-20)23(30)27-19-7-3-5-17(13-19)24(31)28-9-11-32-12-10-28/h3-8,13-16H,9-12H2,1-2H3,(H,27,30). The van der Waals surface area contributed by atoms with Gasteiger partial charge in [-0.25, -0.2) is 4.68 Å². The van der Waals surface area contributed by atoms with Gasteiger partial charge in [-0.15, -0.1) is 0 Å². The third kappa shape index (κ3) is 4.69. The van der Waals surface area contributed by atoms with Crippen molar-refractivity contribution in [1.29, 1.82) is 0 Å². The van der Waals surface area contributed by atoms with E-state index in [1.807, 2.05) is 32.0 Å². The second kappa shape index (κ2) is 9.54. The average molecular weight is 453 g/mol. The summed E-state index contributed by atoms with van der Waals surface area (Å²) < 4.78 is 7.06. The third-order valence-corrected chi connectivity index (χ3v) is 5.55. The van der Waals surface area contributed by atoms with Crippen LogP contribution in [0.4, 0.5) is 5.69 Å². The first-order chi connectivity index (χ1) is 15.4. The van der Waals surface area contributed by atoms with E-state index in [4.69, 9.17) is 16.3 Å². The molecule has 0 atom stereocenters. The minimum Gasteiger partial charge on any atom is -0.378 e. The Balaban J connectivity index is 1.57. The first-order valence-electron chi connectivity index (χ1n) is 10.6. The van der Waals surface area contributed by atoms with E-state index >= 15 is 0 Å². The van der Waals surface area contributed by atoms with Crippen LogP contribution in [0, 0.1) is 0 Å². The SMILES string of the molecule is CC(C)c1c(C(=O)Nc2cccc(C(=O)N3CCOCC3)c2)cnn1-c1cccc(Cl)c1. The minimum absolute atomic E-state index is 0.0477. The van der Waals surface area contributed by atoms with Gasteiger partial charge in [-0.2, -0.15) is 5.10 Å². The molecule has 0 radical (unpaired) electrons.